The van der Waals surface area contributed by atoms with Crippen molar-refractivity contribution in [1.29, 1.82) is 0 Å². The van der Waals surface area contributed by atoms with Gasteiger partial charge in [-0.25, -0.2) is 0 Å². The Morgan fingerprint density at radius 2 is 2.11 bits per heavy atom. The molecule has 0 saturated heterocycles. The molecule has 0 saturated carbocycles. The smallest absolute Gasteiger partial charge is 0.221 e. The Morgan fingerprint density at radius 3 is 2.78 bits per heavy atom. The summed E-state index contributed by atoms with van der Waals surface area (Å²) in [7, 11) is 0. The number of aryl methyl sites for hydroxylation is 1. The van der Waals surface area contributed by atoms with Crippen LogP contribution in [0, 0.1) is 0 Å². The van der Waals surface area contributed by atoms with Crippen LogP contribution in [0.2, 0.25) is 0 Å². The van der Waals surface area contributed by atoms with E-state index in [9.17, 15) is 9.90 Å². The van der Waals surface area contributed by atoms with Gasteiger partial charge in [0.15, 0.2) is 0 Å². The molecular formula is C15H16NO2. The van der Waals surface area contributed by atoms with Crippen molar-refractivity contribution >= 4 is 17.1 Å². The second kappa shape index (κ2) is 5.19. The van der Waals surface area contributed by atoms with Gasteiger partial charge in [0.25, 0.3) is 0 Å². The Bertz CT molecular complexity index is 578. The van der Waals surface area contributed by atoms with Crippen LogP contribution in [0.4, 0.5) is 0 Å². The van der Waals surface area contributed by atoms with Gasteiger partial charge in [-0.3, -0.25) is 4.79 Å². The van der Waals surface area contributed by atoms with Crippen LogP contribution >= 0.6 is 0 Å². The van der Waals surface area contributed by atoms with E-state index in [-0.39, 0.29) is 5.75 Å². The maximum atomic E-state index is 10.6. The van der Waals surface area contributed by atoms with Crippen LogP contribution in [0.15, 0.2) is 30.3 Å². The van der Waals surface area contributed by atoms with Gasteiger partial charge in [0, 0.05) is 10.9 Å². The van der Waals surface area contributed by atoms with E-state index < -0.39 is 6.04 Å². The first-order chi connectivity index (χ1) is 8.69. The summed E-state index contributed by atoms with van der Waals surface area (Å²) >= 11 is 0. The molecule has 0 aliphatic carbocycles. The first-order valence-electron chi connectivity index (χ1n) is 6.05. The highest BCUT2D eigenvalue weighted by Crippen LogP contribution is 2.34. The summed E-state index contributed by atoms with van der Waals surface area (Å²) in [6, 6.07) is 8.56. The molecule has 18 heavy (non-hydrogen) atoms. The normalized spacial score (nSPS) is 12.6. The van der Waals surface area contributed by atoms with E-state index in [1.807, 2.05) is 24.3 Å². The highest BCUT2D eigenvalue weighted by atomic mass is 16.3. The first-order valence-corrected chi connectivity index (χ1v) is 6.05. The molecule has 0 heterocycles. The van der Waals surface area contributed by atoms with Crippen LogP contribution in [0.5, 0.6) is 5.75 Å². The predicted molar refractivity (Wildman–Crippen MR) is 72.2 cm³/mol. The van der Waals surface area contributed by atoms with Crippen molar-refractivity contribution in [2.45, 2.75) is 25.8 Å². The molecule has 93 valence electrons. The maximum Gasteiger partial charge on any atom is 0.221 e. The molecule has 0 bridgehead atoms. The van der Waals surface area contributed by atoms with Gasteiger partial charge in [-0.05, 0) is 17.4 Å². The van der Waals surface area contributed by atoms with E-state index in [1.165, 1.54) is 0 Å². The zero-order valence-electron chi connectivity index (χ0n) is 10.3. The van der Waals surface area contributed by atoms with Gasteiger partial charge in [0.1, 0.15) is 11.8 Å². The number of nitrogens with two attached hydrogens (primary N) is 1. The van der Waals surface area contributed by atoms with Crippen LogP contribution in [0.25, 0.3) is 10.8 Å². The number of rotatable bonds is 4. The third kappa shape index (κ3) is 2.09. The van der Waals surface area contributed by atoms with Crippen LogP contribution in [0.3, 0.4) is 0 Å². The van der Waals surface area contributed by atoms with Crippen molar-refractivity contribution in [3.8, 4) is 5.75 Å². The zero-order chi connectivity index (χ0) is 13.1. The average molecular weight is 242 g/mol. The van der Waals surface area contributed by atoms with E-state index in [0.29, 0.717) is 5.56 Å². The van der Waals surface area contributed by atoms with Crippen molar-refractivity contribution in [1.82, 2.24) is 0 Å². The second-order valence-electron chi connectivity index (χ2n) is 4.36. The lowest BCUT2D eigenvalue weighted by molar-refractivity contribution is 0.470. The lowest BCUT2D eigenvalue weighted by atomic mass is 9.96. The molecule has 3 nitrogen and oxygen atoms in total. The quantitative estimate of drug-likeness (QED) is 0.866. The number of phenolic OH excluding ortho intramolecular Hbond substituents is 1. The average Bonchev–Trinajstić information content (AvgIpc) is 2.39. The number of hydrogen-bond acceptors (Lipinski definition) is 3. The molecule has 1 unspecified atom stereocenters. The molecule has 0 amide bonds. The lowest BCUT2D eigenvalue weighted by Gasteiger charge is -2.12. The molecule has 2 aromatic carbocycles. The minimum absolute atomic E-state index is 0.104. The molecule has 0 spiro atoms. The van der Waals surface area contributed by atoms with E-state index >= 15 is 0 Å². The van der Waals surface area contributed by atoms with Crippen LogP contribution in [-0.4, -0.2) is 11.4 Å². The fourth-order valence-corrected chi connectivity index (χ4v) is 2.24. The topological polar surface area (TPSA) is 63.3 Å². The molecule has 0 aromatic heterocycles. The summed E-state index contributed by atoms with van der Waals surface area (Å²) in [5, 5.41) is 12.1. The van der Waals surface area contributed by atoms with Gasteiger partial charge in [0.05, 0.1) is 0 Å². The molecule has 0 aliphatic heterocycles. The molecular weight excluding hydrogens is 226 g/mol. The predicted octanol–water partition coefficient (Wildman–Crippen LogP) is 2.61. The van der Waals surface area contributed by atoms with Crippen molar-refractivity contribution < 1.29 is 9.90 Å². The van der Waals surface area contributed by atoms with Crippen molar-refractivity contribution in [2.24, 2.45) is 5.73 Å². The maximum absolute atomic E-state index is 10.6. The second-order valence-corrected chi connectivity index (χ2v) is 4.36. The first kappa shape index (κ1) is 12.6. The van der Waals surface area contributed by atoms with Crippen LogP contribution < -0.4 is 5.73 Å². The minimum atomic E-state index is -0.899. The summed E-state index contributed by atoms with van der Waals surface area (Å²) in [5.41, 5.74) is 7.13. The van der Waals surface area contributed by atoms with Gasteiger partial charge in [-0.1, -0.05) is 43.7 Å². The largest absolute Gasteiger partial charge is 0.507 e. The minimum Gasteiger partial charge on any atom is -0.507 e. The van der Waals surface area contributed by atoms with Gasteiger partial charge >= 0.3 is 0 Å². The molecule has 2 aromatic rings. The number of benzene rings is 2. The number of hydrogen-bond donors (Lipinski definition) is 2. The summed E-state index contributed by atoms with van der Waals surface area (Å²) in [5.74, 6) is 0.104. The third-order valence-electron chi connectivity index (χ3n) is 3.12. The van der Waals surface area contributed by atoms with E-state index in [1.54, 1.807) is 12.4 Å². The highest BCUT2D eigenvalue weighted by molar-refractivity contribution is 5.93. The monoisotopic (exact) mass is 242 g/mol. The molecule has 3 heteroatoms. The Labute approximate surface area is 106 Å². The number of aromatic hydroxyl groups is 1. The summed E-state index contributed by atoms with van der Waals surface area (Å²) in [4.78, 5) is 10.6. The Kier molecular flexibility index (Phi) is 3.63. The molecule has 2 rings (SSSR count). The van der Waals surface area contributed by atoms with Gasteiger partial charge in [-0.2, -0.15) is 0 Å². The molecule has 0 aliphatic rings. The summed E-state index contributed by atoms with van der Waals surface area (Å²) in [6.45, 7) is 2.09. The fourth-order valence-electron chi connectivity index (χ4n) is 2.24. The molecule has 1 radical (unpaired) electrons. The standard InChI is InChI=1S/C15H16NO2/c1-2-4-10-5-3-6-11-7-8-12(13(16)9-17)15(18)14(10)11/h3,5-8,13,18H,2,4,16H2,1H3. The highest BCUT2D eigenvalue weighted by Gasteiger charge is 2.15. The summed E-state index contributed by atoms with van der Waals surface area (Å²) < 4.78 is 0. The van der Waals surface area contributed by atoms with E-state index in [0.717, 1.165) is 29.2 Å². The van der Waals surface area contributed by atoms with Gasteiger partial charge in [-0.15, -0.1) is 0 Å². The van der Waals surface area contributed by atoms with Gasteiger partial charge < -0.3 is 10.8 Å². The number of phenols is 1. The van der Waals surface area contributed by atoms with Crippen LogP contribution in [-0.2, 0) is 11.2 Å². The molecule has 3 N–H and O–H groups in total. The Morgan fingerprint density at radius 1 is 1.33 bits per heavy atom. The van der Waals surface area contributed by atoms with E-state index in [2.05, 4.69) is 6.92 Å². The van der Waals surface area contributed by atoms with Crippen molar-refractivity contribution in [3.05, 3.63) is 41.5 Å². The fraction of sp³-hybridized carbons (Fsp3) is 0.267. The molecule has 0 fully saturated rings. The number of carbonyl (C=O) groups excluding carboxylic acids is 1. The number of fused-ring (bicyclic) bond motifs is 1. The lowest BCUT2D eigenvalue weighted by Crippen LogP contribution is -2.11. The van der Waals surface area contributed by atoms with Gasteiger partial charge in [0.2, 0.25) is 6.29 Å². The van der Waals surface area contributed by atoms with Crippen molar-refractivity contribution in [2.75, 3.05) is 0 Å². The Hall–Kier alpha value is -1.87. The SMILES string of the molecule is CCCc1cccc2ccc(C(N)[C]=O)c(O)c12. The summed E-state index contributed by atoms with van der Waals surface area (Å²) in [6.07, 6.45) is 3.58. The van der Waals surface area contributed by atoms with Crippen LogP contribution in [0.1, 0.15) is 30.5 Å². The molecule has 1 atom stereocenters. The third-order valence-corrected chi connectivity index (χ3v) is 3.12. The zero-order valence-corrected chi connectivity index (χ0v) is 10.3. The van der Waals surface area contributed by atoms with E-state index in [4.69, 9.17) is 5.73 Å². The van der Waals surface area contributed by atoms with Crippen molar-refractivity contribution in [3.63, 3.8) is 0 Å². The Balaban J connectivity index is 2.70.